The molecule has 0 unspecified atom stereocenters. The number of hydrogen-bond acceptors (Lipinski definition) is 5. The lowest BCUT2D eigenvalue weighted by molar-refractivity contribution is -0.146. The molecule has 0 aliphatic heterocycles. The predicted molar refractivity (Wildman–Crippen MR) is 115 cm³/mol. The van der Waals surface area contributed by atoms with E-state index in [-0.39, 0.29) is 24.5 Å². The van der Waals surface area contributed by atoms with E-state index in [2.05, 4.69) is 26.2 Å². The Balaban J connectivity index is 3.26. The maximum atomic E-state index is 11.8. The maximum Gasteiger partial charge on any atom is 0.303 e. The fourth-order valence-corrected chi connectivity index (χ4v) is 3.43. The minimum atomic E-state index is -0.628. The molecule has 5 heteroatoms. The second-order valence-corrected chi connectivity index (χ2v) is 7.97. The summed E-state index contributed by atoms with van der Waals surface area (Å²) < 4.78 is 10.8. The molecule has 29 heavy (non-hydrogen) atoms. The SMILES string of the molecule is C=C1CC/C=C(\C)CC[C@H](C(=C)C)[C@@H](OC(C)=O)/C=C(/COC(C)=O)CC[C@H]1O. The van der Waals surface area contributed by atoms with Crippen molar-refractivity contribution in [1.29, 1.82) is 0 Å². The van der Waals surface area contributed by atoms with E-state index in [4.69, 9.17) is 9.47 Å². The quantitative estimate of drug-likeness (QED) is 0.537. The zero-order valence-corrected chi connectivity index (χ0v) is 18.3. The normalized spacial score (nSPS) is 28.2. The van der Waals surface area contributed by atoms with Gasteiger partial charge in [-0.25, -0.2) is 0 Å². The number of carbonyl (C=O) groups is 2. The van der Waals surface area contributed by atoms with Crippen molar-refractivity contribution in [2.24, 2.45) is 5.92 Å². The van der Waals surface area contributed by atoms with E-state index in [9.17, 15) is 14.7 Å². The van der Waals surface area contributed by atoms with E-state index < -0.39 is 12.2 Å². The summed E-state index contributed by atoms with van der Waals surface area (Å²) in [6.45, 7) is 15.0. The third kappa shape index (κ3) is 9.75. The molecule has 1 aliphatic carbocycles. The van der Waals surface area contributed by atoms with Crippen LogP contribution < -0.4 is 0 Å². The van der Waals surface area contributed by atoms with Gasteiger partial charge in [-0.2, -0.15) is 0 Å². The summed E-state index contributed by atoms with van der Waals surface area (Å²) in [5.41, 5.74) is 3.80. The fraction of sp³-hybridized carbons (Fsp3) is 0.583. The van der Waals surface area contributed by atoms with E-state index in [1.165, 1.54) is 19.4 Å². The molecule has 0 saturated carbocycles. The monoisotopic (exact) mass is 404 g/mol. The van der Waals surface area contributed by atoms with Crippen molar-refractivity contribution in [3.8, 4) is 0 Å². The highest BCUT2D eigenvalue weighted by atomic mass is 16.5. The van der Waals surface area contributed by atoms with Crippen LogP contribution in [-0.2, 0) is 19.1 Å². The van der Waals surface area contributed by atoms with E-state index >= 15 is 0 Å². The van der Waals surface area contributed by atoms with Crippen molar-refractivity contribution in [3.63, 3.8) is 0 Å². The minimum Gasteiger partial charge on any atom is -0.461 e. The van der Waals surface area contributed by atoms with Crippen LogP contribution in [0.4, 0.5) is 0 Å². The summed E-state index contributed by atoms with van der Waals surface area (Å²) in [6.07, 6.45) is 7.15. The van der Waals surface area contributed by atoms with Crippen LogP contribution >= 0.6 is 0 Å². The van der Waals surface area contributed by atoms with Gasteiger partial charge in [-0.3, -0.25) is 9.59 Å². The Labute approximate surface area is 175 Å². The molecule has 0 heterocycles. The molecule has 3 atom stereocenters. The number of allylic oxidation sites excluding steroid dienone is 2. The summed E-state index contributed by atoms with van der Waals surface area (Å²) in [4.78, 5) is 23.1. The topological polar surface area (TPSA) is 72.8 Å². The van der Waals surface area contributed by atoms with Gasteiger partial charge >= 0.3 is 11.9 Å². The van der Waals surface area contributed by atoms with Crippen LogP contribution in [0.2, 0.25) is 0 Å². The lowest BCUT2D eigenvalue weighted by atomic mass is 9.86. The summed E-state index contributed by atoms with van der Waals surface area (Å²) in [6, 6.07) is 0. The molecule has 0 amide bonds. The van der Waals surface area contributed by atoms with Crippen molar-refractivity contribution in [1.82, 2.24) is 0 Å². The standard InChI is InChI=1S/C24H36O5/c1-16(2)22-12-10-17(3)8-7-9-18(4)23(27)13-11-21(15-28-19(5)25)14-24(22)29-20(6)26/h8,14,22-24,27H,1,4,7,9-13,15H2,2-3,5-6H3/b17-8+,21-14+/t22-,23-,24+/m1/s1. The van der Waals surface area contributed by atoms with Crippen LogP contribution in [0, 0.1) is 5.92 Å². The van der Waals surface area contributed by atoms with Crippen molar-refractivity contribution in [3.05, 3.63) is 47.6 Å². The highest BCUT2D eigenvalue weighted by molar-refractivity contribution is 5.66. The molecule has 1 N–H and O–H groups in total. The third-order valence-electron chi connectivity index (χ3n) is 5.21. The minimum absolute atomic E-state index is 0.0441. The number of aliphatic hydroxyl groups is 1. The predicted octanol–water partition coefficient (Wildman–Crippen LogP) is 4.82. The first kappa shape index (κ1) is 24.9. The smallest absolute Gasteiger partial charge is 0.303 e. The molecule has 0 aromatic carbocycles. The molecule has 0 saturated heterocycles. The highest BCUT2D eigenvalue weighted by Gasteiger charge is 2.24. The molecule has 0 fully saturated rings. The van der Waals surface area contributed by atoms with Gasteiger partial charge in [-0.1, -0.05) is 30.4 Å². The average molecular weight is 405 g/mol. The average Bonchev–Trinajstić information content (AvgIpc) is 2.61. The van der Waals surface area contributed by atoms with Crippen LogP contribution in [0.25, 0.3) is 0 Å². The molecule has 0 spiro atoms. The second kappa shape index (κ2) is 12.4. The number of esters is 2. The van der Waals surface area contributed by atoms with Crippen LogP contribution in [0.1, 0.15) is 66.2 Å². The van der Waals surface area contributed by atoms with E-state index in [1.54, 1.807) is 0 Å². The van der Waals surface area contributed by atoms with E-state index in [0.29, 0.717) is 12.8 Å². The molecule has 1 rings (SSSR count). The lowest BCUT2D eigenvalue weighted by Crippen LogP contribution is -2.26. The van der Waals surface area contributed by atoms with Gasteiger partial charge in [0.1, 0.15) is 12.7 Å². The summed E-state index contributed by atoms with van der Waals surface area (Å²) >= 11 is 0. The summed E-state index contributed by atoms with van der Waals surface area (Å²) in [5, 5.41) is 10.4. The van der Waals surface area contributed by atoms with Gasteiger partial charge in [0.15, 0.2) is 0 Å². The van der Waals surface area contributed by atoms with Gasteiger partial charge in [0, 0.05) is 19.8 Å². The van der Waals surface area contributed by atoms with Crippen LogP contribution in [0.15, 0.2) is 47.6 Å². The zero-order valence-electron chi connectivity index (χ0n) is 18.3. The molecule has 0 bridgehead atoms. The molecule has 162 valence electrons. The van der Waals surface area contributed by atoms with Crippen molar-refractivity contribution < 1.29 is 24.2 Å². The molecule has 0 aromatic rings. The fourth-order valence-electron chi connectivity index (χ4n) is 3.43. The number of hydrogen-bond donors (Lipinski definition) is 1. The van der Waals surface area contributed by atoms with Crippen LogP contribution in [-0.4, -0.2) is 35.9 Å². The summed E-state index contributed by atoms with van der Waals surface area (Å²) in [7, 11) is 0. The largest absolute Gasteiger partial charge is 0.461 e. The van der Waals surface area contributed by atoms with Gasteiger partial charge in [0.25, 0.3) is 0 Å². The molecule has 0 radical (unpaired) electrons. The second-order valence-electron chi connectivity index (χ2n) is 7.97. The van der Waals surface area contributed by atoms with E-state index in [0.717, 1.165) is 42.4 Å². The maximum absolute atomic E-state index is 11.8. The van der Waals surface area contributed by atoms with Crippen LogP contribution in [0.3, 0.4) is 0 Å². The van der Waals surface area contributed by atoms with Crippen LogP contribution in [0.5, 0.6) is 0 Å². The van der Waals surface area contributed by atoms with Gasteiger partial charge in [0.05, 0.1) is 6.10 Å². The first-order valence-corrected chi connectivity index (χ1v) is 10.3. The summed E-state index contributed by atoms with van der Waals surface area (Å²) in [5.74, 6) is -0.792. The Morgan fingerprint density at radius 2 is 1.83 bits per heavy atom. The van der Waals surface area contributed by atoms with Crippen molar-refractivity contribution in [2.75, 3.05) is 6.61 Å². The Hall–Kier alpha value is -2.14. The van der Waals surface area contributed by atoms with E-state index in [1.807, 2.05) is 13.0 Å². The number of ether oxygens (including phenoxy) is 2. The first-order valence-electron chi connectivity index (χ1n) is 10.3. The number of aliphatic hydroxyl groups excluding tert-OH is 1. The van der Waals surface area contributed by atoms with Gasteiger partial charge in [-0.15, -0.1) is 0 Å². The highest BCUT2D eigenvalue weighted by Crippen LogP contribution is 2.28. The molecular formula is C24H36O5. The van der Waals surface area contributed by atoms with Gasteiger partial charge in [0.2, 0.25) is 0 Å². The zero-order chi connectivity index (χ0) is 22.0. The Bertz CT molecular complexity index is 671. The first-order chi connectivity index (χ1) is 13.6. The van der Waals surface area contributed by atoms with Crippen molar-refractivity contribution >= 4 is 11.9 Å². The van der Waals surface area contributed by atoms with Gasteiger partial charge in [-0.05, 0) is 69.6 Å². The Kier molecular flexibility index (Phi) is 10.7. The Morgan fingerprint density at radius 1 is 1.14 bits per heavy atom. The Morgan fingerprint density at radius 3 is 2.41 bits per heavy atom. The number of carbonyl (C=O) groups excluding carboxylic acids is 2. The third-order valence-corrected chi connectivity index (χ3v) is 5.21. The molecule has 0 aromatic heterocycles. The number of rotatable bonds is 4. The molecule has 5 nitrogen and oxygen atoms in total. The molecule has 1 aliphatic rings. The molecular weight excluding hydrogens is 368 g/mol. The lowest BCUT2D eigenvalue weighted by Gasteiger charge is -2.27. The van der Waals surface area contributed by atoms with Crippen molar-refractivity contribution in [2.45, 2.75) is 78.4 Å². The van der Waals surface area contributed by atoms with Gasteiger partial charge < -0.3 is 14.6 Å².